The summed E-state index contributed by atoms with van der Waals surface area (Å²) in [6, 6.07) is 2.84. The van der Waals surface area contributed by atoms with Crippen LogP contribution in [0.25, 0.3) is 0 Å². The van der Waals surface area contributed by atoms with E-state index in [2.05, 4.69) is 11.9 Å². The van der Waals surface area contributed by atoms with Crippen LogP contribution in [0.4, 0.5) is 20.2 Å². The van der Waals surface area contributed by atoms with Gasteiger partial charge in [0.2, 0.25) is 0 Å². The molecule has 0 aliphatic carbocycles. The van der Waals surface area contributed by atoms with Crippen LogP contribution < -0.4 is 10.6 Å². The first-order chi connectivity index (χ1) is 8.50. The van der Waals surface area contributed by atoms with Crippen LogP contribution in [0.2, 0.25) is 0 Å². The third kappa shape index (κ3) is 2.41. The summed E-state index contributed by atoms with van der Waals surface area (Å²) >= 11 is 0. The van der Waals surface area contributed by atoms with E-state index in [1.807, 2.05) is 0 Å². The molecule has 2 rings (SSSR count). The Hall–Kier alpha value is -1.36. The topological polar surface area (TPSA) is 32.5 Å². The average molecular weight is 255 g/mol. The van der Waals surface area contributed by atoms with Crippen LogP contribution in [-0.2, 0) is 0 Å². The molecule has 0 saturated carbocycles. The number of hydrogen-bond donors (Lipinski definition) is 1. The van der Waals surface area contributed by atoms with E-state index in [-0.39, 0.29) is 11.4 Å². The van der Waals surface area contributed by atoms with Crippen molar-refractivity contribution in [2.75, 3.05) is 37.8 Å². The second kappa shape index (κ2) is 5.10. The van der Waals surface area contributed by atoms with E-state index in [1.165, 1.54) is 6.07 Å². The quantitative estimate of drug-likeness (QED) is 0.839. The molecule has 0 aromatic heterocycles. The largest absolute Gasteiger partial charge is 0.397 e. The highest BCUT2D eigenvalue weighted by Gasteiger charge is 2.24. The fourth-order valence-electron chi connectivity index (χ4n) is 2.56. The summed E-state index contributed by atoms with van der Waals surface area (Å²) in [5, 5.41) is 0. The molecule has 0 bridgehead atoms. The molecule has 1 atom stereocenters. The van der Waals surface area contributed by atoms with Gasteiger partial charge in [0.1, 0.15) is 0 Å². The molecule has 0 spiro atoms. The molecule has 1 aromatic rings. The number of anilines is 2. The smallest absolute Gasteiger partial charge is 0.184 e. The Bertz CT molecular complexity index is 436. The standard InChI is InChI=1S/C13H19F2N3/c1-17-7-3-4-9(17)8-18(2)13-11(16)6-5-10(14)12(13)15/h5-6,9H,3-4,7-8,16H2,1-2H3. The number of nitrogen functional groups attached to an aromatic ring is 1. The van der Waals surface area contributed by atoms with E-state index in [0.717, 1.165) is 25.5 Å². The van der Waals surface area contributed by atoms with Gasteiger partial charge < -0.3 is 15.5 Å². The minimum Gasteiger partial charge on any atom is -0.397 e. The maximum atomic E-state index is 13.8. The van der Waals surface area contributed by atoms with Gasteiger partial charge in [0.15, 0.2) is 11.6 Å². The lowest BCUT2D eigenvalue weighted by molar-refractivity contribution is 0.313. The average Bonchev–Trinajstić information content (AvgIpc) is 2.70. The van der Waals surface area contributed by atoms with Crippen LogP contribution in [0.3, 0.4) is 0 Å². The number of benzene rings is 1. The molecule has 1 aliphatic heterocycles. The summed E-state index contributed by atoms with van der Waals surface area (Å²) in [5.74, 6) is -1.72. The molecule has 2 N–H and O–H groups in total. The minimum absolute atomic E-state index is 0.162. The van der Waals surface area contributed by atoms with Crippen molar-refractivity contribution in [3.05, 3.63) is 23.8 Å². The van der Waals surface area contributed by atoms with Crippen molar-refractivity contribution in [1.29, 1.82) is 0 Å². The second-order valence-corrected chi connectivity index (χ2v) is 4.96. The molecule has 5 heteroatoms. The Morgan fingerprint density at radius 2 is 2.17 bits per heavy atom. The van der Waals surface area contributed by atoms with Gasteiger partial charge in [0, 0.05) is 19.6 Å². The van der Waals surface area contributed by atoms with Crippen molar-refractivity contribution < 1.29 is 8.78 Å². The summed E-state index contributed by atoms with van der Waals surface area (Å²) in [5.41, 5.74) is 6.18. The molecule has 1 heterocycles. The normalized spacial score (nSPS) is 20.3. The third-order valence-electron chi connectivity index (χ3n) is 3.64. The van der Waals surface area contributed by atoms with Gasteiger partial charge in [-0.25, -0.2) is 8.78 Å². The Kier molecular flexibility index (Phi) is 3.71. The Morgan fingerprint density at radius 1 is 1.44 bits per heavy atom. The molecule has 3 nitrogen and oxygen atoms in total. The Balaban J connectivity index is 2.18. The zero-order chi connectivity index (χ0) is 13.3. The number of halogens is 2. The zero-order valence-corrected chi connectivity index (χ0v) is 10.8. The highest BCUT2D eigenvalue weighted by molar-refractivity contribution is 5.68. The number of likely N-dealkylation sites (tertiary alicyclic amines) is 1. The van der Waals surface area contributed by atoms with Crippen molar-refractivity contribution in [3.8, 4) is 0 Å². The molecule has 1 unspecified atom stereocenters. The molecule has 1 aromatic carbocycles. The summed E-state index contributed by atoms with van der Waals surface area (Å²) < 4.78 is 27.0. The maximum Gasteiger partial charge on any atom is 0.184 e. The van der Waals surface area contributed by atoms with E-state index in [4.69, 9.17) is 5.73 Å². The van der Waals surface area contributed by atoms with E-state index in [1.54, 1.807) is 11.9 Å². The van der Waals surface area contributed by atoms with E-state index < -0.39 is 11.6 Å². The highest BCUT2D eigenvalue weighted by Crippen LogP contribution is 2.29. The number of nitrogens with two attached hydrogens (primary N) is 1. The predicted molar refractivity (Wildman–Crippen MR) is 69.7 cm³/mol. The lowest BCUT2D eigenvalue weighted by atomic mass is 10.2. The first kappa shape index (κ1) is 13.1. The molecule has 1 fully saturated rings. The van der Waals surface area contributed by atoms with Crippen LogP contribution in [-0.4, -0.2) is 38.1 Å². The SMILES string of the molecule is CN(CC1CCCN1C)c1c(N)ccc(F)c1F. The van der Waals surface area contributed by atoms with Crippen LogP contribution in [0, 0.1) is 11.6 Å². The Labute approximate surface area is 106 Å². The number of nitrogens with zero attached hydrogens (tertiary/aromatic N) is 2. The maximum absolute atomic E-state index is 13.8. The first-order valence-electron chi connectivity index (χ1n) is 6.15. The molecule has 1 saturated heterocycles. The number of hydrogen-bond acceptors (Lipinski definition) is 3. The van der Waals surface area contributed by atoms with Crippen molar-refractivity contribution in [1.82, 2.24) is 4.90 Å². The molecule has 100 valence electrons. The van der Waals surface area contributed by atoms with Crippen LogP contribution in [0.1, 0.15) is 12.8 Å². The summed E-state index contributed by atoms with van der Waals surface area (Å²) in [7, 11) is 3.80. The molecule has 0 radical (unpaired) electrons. The Morgan fingerprint density at radius 3 is 2.78 bits per heavy atom. The van der Waals surface area contributed by atoms with Crippen molar-refractivity contribution in [2.45, 2.75) is 18.9 Å². The molecule has 18 heavy (non-hydrogen) atoms. The lowest BCUT2D eigenvalue weighted by Crippen LogP contribution is -2.37. The van der Waals surface area contributed by atoms with Crippen LogP contribution in [0.5, 0.6) is 0 Å². The first-order valence-corrected chi connectivity index (χ1v) is 6.15. The molecular weight excluding hydrogens is 236 g/mol. The zero-order valence-electron chi connectivity index (χ0n) is 10.8. The fourth-order valence-corrected chi connectivity index (χ4v) is 2.56. The minimum atomic E-state index is -0.863. The van der Waals surface area contributed by atoms with Gasteiger partial charge in [-0.05, 0) is 38.6 Å². The van der Waals surface area contributed by atoms with E-state index >= 15 is 0 Å². The fraction of sp³-hybridized carbons (Fsp3) is 0.538. The highest BCUT2D eigenvalue weighted by atomic mass is 19.2. The molecular formula is C13H19F2N3. The summed E-state index contributed by atoms with van der Waals surface area (Å²) in [6.07, 6.45) is 2.23. The monoisotopic (exact) mass is 255 g/mol. The predicted octanol–water partition coefficient (Wildman–Crippen LogP) is 2.08. The van der Waals surface area contributed by atoms with Gasteiger partial charge in [-0.15, -0.1) is 0 Å². The summed E-state index contributed by atoms with van der Waals surface area (Å²) in [4.78, 5) is 3.95. The van der Waals surface area contributed by atoms with E-state index in [0.29, 0.717) is 12.6 Å². The molecule has 1 aliphatic rings. The third-order valence-corrected chi connectivity index (χ3v) is 3.64. The number of rotatable bonds is 3. The van der Waals surface area contributed by atoms with E-state index in [9.17, 15) is 8.78 Å². The number of likely N-dealkylation sites (N-methyl/N-ethyl adjacent to an activating group) is 2. The second-order valence-electron chi connectivity index (χ2n) is 4.96. The van der Waals surface area contributed by atoms with Gasteiger partial charge in [-0.1, -0.05) is 0 Å². The van der Waals surface area contributed by atoms with Gasteiger partial charge in [-0.2, -0.15) is 0 Å². The van der Waals surface area contributed by atoms with Crippen molar-refractivity contribution >= 4 is 11.4 Å². The summed E-state index contributed by atoms with van der Waals surface area (Å²) in [6.45, 7) is 1.71. The van der Waals surface area contributed by atoms with Gasteiger partial charge >= 0.3 is 0 Å². The van der Waals surface area contributed by atoms with Crippen molar-refractivity contribution in [2.24, 2.45) is 0 Å². The van der Waals surface area contributed by atoms with Gasteiger partial charge in [0.25, 0.3) is 0 Å². The van der Waals surface area contributed by atoms with Gasteiger partial charge in [-0.3, -0.25) is 0 Å². The van der Waals surface area contributed by atoms with Gasteiger partial charge in [0.05, 0.1) is 11.4 Å². The van der Waals surface area contributed by atoms with Crippen LogP contribution >= 0.6 is 0 Å². The lowest BCUT2D eigenvalue weighted by Gasteiger charge is -2.28. The van der Waals surface area contributed by atoms with Crippen molar-refractivity contribution in [3.63, 3.8) is 0 Å². The van der Waals surface area contributed by atoms with Crippen LogP contribution in [0.15, 0.2) is 12.1 Å². The molecule has 0 amide bonds.